The number of benzene rings is 1. The van der Waals surface area contributed by atoms with Gasteiger partial charge in [-0.05, 0) is 31.9 Å². The minimum atomic E-state index is -1.60. The van der Waals surface area contributed by atoms with E-state index in [0.717, 1.165) is 31.2 Å². The first-order chi connectivity index (χ1) is 10.4. The van der Waals surface area contributed by atoms with Crippen molar-refractivity contribution < 1.29 is 4.79 Å². The molecule has 1 atom stereocenters. The van der Waals surface area contributed by atoms with Crippen LogP contribution in [0.3, 0.4) is 0 Å². The summed E-state index contributed by atoms with van der Waals surface area (Å²) in [4.78, 5) is 12.4. The normalized spacial score (nSPS) is 18.0. The smallest absolute Gasteiger partial charge is 0.252 e. The van der Waals surface area contributed by atoms with Gasteiger partial charge in [0.15, 0.2) is 0 Å². The fourth-order valence-electron chi connectivity index (χ4n) is 2.72. The molecule has 2 rings (SSSR count). The van der Waals surface area contributed by atoms with Crippen molar-refractivity contribution in [1.82, 2.24) is 10.6 Å². The first-order valence-corrected chi connectivity index (χ1v) is 8.70. The summed E-state index contributed by atoms with van der Waals surface area (Å²) in [6.45, 7) is 1.93. The largest absolute Gasteiger partial charge is 0.333 e. The van der Waals surface area contributed by atoms with Gasteiger partial charge in [0, 0.05) is 11.6 Å². The van der Waals surface area contributed by atoms with Crippen molar-refractivity contribution in [1.29, 1.82) is 0 Å². The SMILES string of the molecule is Cc1cccc(C(=O)NC(NC2CCCCC2)C(Cl)(Cl)Cl)c1. The number of amides is 1. The maximum atomic E-state index is 12.4. The molecule has 0 heterocycles. The Labute approximate surface area is 146 Å². The average Bonchev–Trinajstić information content (AvgIpc) is 2.46. The van der Waals surface area contributed by atoms with Gasteiger partial charge in [-0.3, -0.25) is 10.1 Å². The van der Waals surface area contributed by atoms with Crippen LogP contribution in [-0.2, 0) is 0 Å². The van der Waals surface area contributed by atoms with Crippen LogP contribution in [0.1, 0.15) is 48.0 Å². The second kappa shape index (κ2) is 7.87. The third-order valence-electron chi connectivity index (χ3n) is 3.89. The molecule has 122 valence electrons. The van der Waals surface area contributed by atoms with E-state index in [1.807, 2.05) is 25.1 Å². The number of carbonyl (C=O) groups excluding carboxylic acids is 1. The molecule has 0 bridgehead atoms. The fourth-order valence-corrected chi connectivity index (χ4v) is 3.08. The third kappa shape index (κ3) is 5.31. The molecule has 0 spiro atoms. The molecular formula is C16H21Cl3N2O. The van der Waals surface area contributed by atoms with Gasteiger partial charge in [0.2, 0.25) is 3.79 Å². The van der Waals surface area contributed by atoms with E-state index in [9.17, 15) is 4.79 Å². The third-order valence-corrected chi connectivity index (χ3v) is 4.55. The highest BCUT2D eigenvalue weighted by Crippen LogP contribution is 2.30. The summed E-state index contributed by atoms with van der Waals surface area (Å²) in [7, 11) is 0. The molecule has 6 heteroatoms. The minimum absolute atomic E-state index is 0.247. The lowest BCUT2D eigenvalue weighted by molar-refractivity contribution is 0.0924. The van der Waals surface area contributed by atoms with Crippen molar-refractivity contribution in [3.8, 4) is 0 Å². The number of nitrogens with one attached hydrogen (secondary N) is 2. The van der Waals surface area contributed by atoms with Crippen LogP contribution < -0.4 is 10.6 Å². The molecule has 1 amide bonds. The van der Waals surface area contributed by atoms with Crippen LogP contribution in [0.25, 0.3) is 0 Å². The van der Waals surface area contributed by atoms with Gasteiger partial charge in [0.1, 0.15) is 6.17 Å². The Balaban J connectivity index is 2.04. The Kier molecular flexibility index (Phi) is 6.39. The molecule has 1 aromatic carbocycles. The molecule has 2 N–H and O–H groups in total. The van der Waals surface area contributed by atoms with Gasteiger partial charge in [-0.1, -0.05) is 71.8 Å². The van der Waals surface area contributed by atoms with E-state index in [1.165, 1.54) is 6.42 Å². The Morgan fingerprint density at radius 3 is 2.50 bits per heavy atom. The van der Waals surface area contributed by atoms with E-state index >= 15 is 0 Å². The molecule has 0 radical (unpaired) electrons. The zero-order valence-corrected chi connectivity index (χ0v) is 14.8. The lowest BCUT2D eigenvalue weighted by Crippen LogP contribution is -2.56. The Morgan fingerprint density at radius 1 is 1.23 bits per heavy atom. The monoisotopic (exact) mass is 362 g/mol. The number of rotatable bonds is 4. The maximum absolute atomic E-state index is 12.4. The number of hydrogen-bond donors (Lipinski definition) is 2. The minimum Gasteiger partial charge on any atom is -0.333 e. The summed E-state index contributed by atoms with van der Waals surface area (Å²) in [5, 5.41) is 6.09. The van der Waals surface area contributed by atoms with Gasteiger partial charge in [-0.25, -0.2) is 0 Å². The molecule has 22 heavy (non-hydrogen) atoms. The van der Waals surface area contributed by atoms with Crippen LogP contribution in [0.5, 0.6) is 0 Å². The highest BCUT2D eigenvalue weighted by atomic mass is 35.6. The van der Waals surface area contributed by atoms with Gasteiger partial charge in [0.05, 0.1) is 0 Å². The van der Waals surface area contributed by atoms with Crippen molar-refractivity contribution in [2.45, 2.75) is 55.0 Å². The molecule has 3 nitrogen and oxygen atoms in total. The number of aryl methyl sites for hydroxylation is 1. The summed E-state index contributed by atoms with van der Waals surface area (Å²) in [6.07, 6.45) is 4.93. The van der Waals surface area contributed by atoms with Crippen LogP contribution >= 0.6 is 34.8 Å². The second-order valence-corrected chi connectivity index (χ2v) is 8.19. The van der Waals surface area contributed by atoms with Crippen LogP contribution in [0.15, 0.2) is 24.3 Å². The average molecular weight is 364 g/mol. The summed E-state index contributed by atoms with van der Waals surface area (Å²) >= 11 is 18.1. The van der Waals surface area contributed by atoms with Crippen LogP contribution in [0.4, 0.5) is 0 Å². The fraction of sp³-hybridized carbons (Fsp3) is 0.562. The Hall–Kier alpha value is -0.480. The second-order valence-electron chi connectivity index (χ2n) is 5.82. The Morgan fingerprint density at radius 2 is 1.91 bits per heavy atom. The Bertz CT molecular complexity index is 510. The van der Waals surface area contributed by atoms with Gasteiger partial charge in [0.25, 0.3) is 5.91 Å². The van der Waals surface area contributed by atoms with Crippen molar-refractivity contribution in [3.05, 3.63) is 35.4 Å². The van der Waals surface area contributed by atoms with E-state index in [1.54, 1.807) is 6.07 Å². The van der Waals surface area contributed by atoms with Crippen LogP contribution in [0, 0.1) is 6.92 Å². The van der Waals surface area contributed by atoms with Gasteiger partial charge >= 0.3 is 0 Å². The molecular weight excluding hydrogens is 343 g/mol. The van der Waals surface area contributed by atoms with Crippen molar-refractivity contribution in [2.24, 2.45) is 0 Å². The van der Waals surface area contributed by atoms with Crippen molar-refractivity contribution >= 4 is 40.7 Å². The van der Waals surface area contributed by atoms with Crippen LogP contribution in [-0.4, -0.2) is 21.9 Å². The lowest BCUT2D eigenvalue weighted by atomic mass is 9.95. The van der Waals surface area contributed by atoms with Gasteiger partial charge < -0.3 is 5.32 Å². The van der Waals surface area contributed by atoms with E-state index in [2.05, 4.69) is 10.6 Å². The predicted octanol–water partition coefficient (Wildman–Crippen LogP) is 4.34. The molecule has 0 aromatic heterocycles. The highest BCUT2D eigenvalue weighted by molar-refractivity contribution is 6.68. The van der Waals surface area contributed by atoms with Gasteiger partial charge in [-0.15, -0.1) is 0 Å². The molecule has 1 unspecified atom stereocenters. The number of alkyl halides is 3. The molecule has 1 aromatic rings. The highest BCUT2D eigenvalue weighted by Gasteiger charge is 2.35. The molecule has 1 aliphatic carbocycles. The summed E-state index contributed by atoms with van der Waals surface area (Å²) in [5.74, 6) is -0.247. The summed E-state index contributed by atoms with van der Waals surface area (Å²) < 4.78 is -1.60. The summed E-state index contributed by atoms with van der Waals surface area (Å²) in [6, 6.07) is 7.60. The summed E-state index contributed by atoms with van der Waals surface area (Å²) in [5.41, 5.74) is 1.57. The first-order valence-electron chi connectivity index (χ1n) is 7.56. The molecule has 0 aliphatic heterocycles. The predicted molar refractivity (Wildman–Crippen MR) is 92.7 cm³/mol. The molecule has 1 aliphatic rings. The first kappa shape index (κ1) is 17.9. The molecule has 1 fully saturated rings. The van der Waals surface area contributed by atoms with E-state index in [0.29, 0.717) is 5.56 Å². The number of carbonyl (C=O) groups is 1. The number of halogens is 3. The van der Waals surface area contributed by atoms with E-state index < -0.39 is 9.96 Å². The van der Waals surface area contributed by atoms with Crippen molar-refractivity contribution in [3.63, 3.8) is 0 Å². The molecule has 1 saturated carbocycles. The van der Waals surface area contributed by atoms with Gasteiger partial charge in [-0.2, -0.15) is 0 Å². The van der Waals surface area contributed by atoms with Crippen molar-refractivity contribution in [2.75, 3.05) is 0 Å². The topological polar surface area (TPSA) is 41.1 Å². The quantitative estimate of drug-likeness (QED) is 0.617. The zero-order valence-electron chi connectivity index (χ0n) is 12.5. The number of hydrogen-bond acceptors (Lipinski definition) is 2. The van der Waals surface area contributed by atoms with E-state index in [-0.39, 0.29) is 11.9 Å². The van der Waals surface area contributed by atoms with E-state index in [4.69, 9.17) is 34.8 Å². The van der Waals surface area contributed by atoms with Crippen LogP contribution in [0.2, 0.25) is 0 Å². The zero-order chi connectivity index (χ0) is 16.2. The lowest BCUT2D eigenvalue weighted by Gasteiger charge is -2.32. The standard InChI is InChI=1S/C16H21Cl3N2O/c1-11-6-5-7-12(10-11)14(22)21-15(16(17,18)19)20-13-8-3-2-4-9-13/h5-7,10,13,15,20H,2-4,8-9H2,1H3,(H,21,22). The molecule has 0 saturated heterocycles. The maximum Gasteiger partial charge on any atom is 0.252 e.